The maximum absolute atomic E-state index is 12.7. The van der Waals surface area contributed by atoms with Crippen LogP contribution in [-0.2, 0) is 0 Å². The number of ether oxygens (including phenoxy) is 2. The summed E-state index contributed by atoms with van der Waals surface area (Å²) in [5.41, 5.74) is 1.43. The number of urea groups is 1. The minimum Gasteiger partial charge on any atom is -0.497 e. The molecule has 1 atom stereocenters. The second kappa shape index (κ2) is 9.15. The van der Waals surface area contributed by atoms with E-state index in [1.54, 1.807) is 43.5 Å². The first-order valence-electron chi connectivity index (χ1n) is 9.44. The fourth-order valence-electron chi connectivity index (χ4n) is 3.39. The van der Waals surface area contributed by atoms with Gasteiger partial charge in [0.2, 0.25) is 0 Å². The molecule has 0 aliphatic carbocycles. The molecular weight excluding hydrogens is 370 g/mol. The third-order valence-electron chi connectivity index (χ3n) is 5.02. The zero-order chi connectivity index (χ0) is 20.8. The Morgan fingerprint density at radius 1 is 1.21 bits per heavy atom. The van der Waals surface area contributed by atoms with Crippen molar-refractivity contribution in [3.8, 4) is 17.6 Å². The highest BCUT2D eigenvalue weighted by Gasteiger charge is 2.25. The topological polar surface area (TPSA) is 90.7 Å². The van der Waals surface area contributed by atoms with Crippen LogP contribution in [0.15, 0.2) is 36.5 Å². The van der Waals surface area contributed by atoms with Gasteiger partial charge in [-0.3, -0.25) is 0 Å². The van der Waals surface area contributed by atoms with Crippen LogP contribution in [0, 0.1) is 11.3 Å². The molecule has 2 heterocycles. The molecule has 8 heteroatoms. The Balaban J connectivity index is 1.61. The first-order chi connectivity index (χ1) is 14.1. The molecule has 0 radical (unpaired) electrons. The molecule has 1 aromatic heterocycles. The van der Waals surface area contributed by atoms with E-state index in [4.69, 9.17) is 9.47 Å². The van der Waals surface area contributed by atoms with Crippen molar-refractivity contribution in [2.24, 2.45) is 0 Å². The minimum absolute atomic E-state index is 0.128. The first kappa shape index (κ1) is 20.3. The van der Waals surface area contributed by atoms with E-state index in [1.165, 1.54) is 0 Å². The molecule has 1 N–H and O–H groups in total. The predicted molar refractivity (Wildman–Crippen MR) is 109 cm³/mol. The number of amides is 2. The van der Waals surface area contributed by atoms with Gasteiger partial charge >= 0.3 is 6.03 Å². The number of anilines is 1. The number of benzene rings is 1. The molecule has 2 aromatic rings. The lowest BCUT2D eigenvalue weighted by Gasteiger charge is -2.36. The van der Waals surface area contributed by atoms with E-state index >= 15 is 0 Å². The molecule has 0 saturated carbocycles. The summed E-state index contributed by atoms with van der Waals surface area (Å²) in [6.07, 6.45) is 1.68. The molecule has 1 fully saturated rings. The molecule has 0 bridgehead atoms. The summed E-state index contributed by atoms with van der Waals surface area (Å²) < 4.78 is 10.7. The Hall–Kier alpha value is -3.47. The van der Waals surface area contributed by atoms with Gasteiger partial charge in [-0.05, 0) is 31.2 Å². The molecule has 29 heavy (non-hydrogen) atoms. The summed E-state index contributed by atoms with van der Waals surface area (Å²) in [4.78, 5) is 20.9. The van der Waals surface area contributed by atoms with Crippen molar-refractivity contribution >= 4 is 11.8 Å². The van der Waals surface area contributed by atoms with Crippen LogP contribution < -0.4 is 19.7 Å². The number of carbonyl (C=O) groups excluding carboxylic acids is 1. The van der Waals surface area contributed by atoms with Crippen molar-refractivity contribution in [3.63, 3.8) is 0 Å². The van der Waals surface area contributed by atoms with E-state index in [9.17, 15) is 10.1 Å². The molecule has 3 rings (SSSR count). The quantitative estimate of drug-likeness (QED) is 0.837. The number of methoxy groups -OCH3 is 2. The normalized spacial score (nSPS) is 14.7. The van der Waals surface area contributed by atoms with Gasteiger partial charge in [0.25, 0.3) is 0 Å². The number of hydrogen-bond acceptors (Lipinski definition) is 6. The molecule has 1 aliphatic heterocycles. The van der Waals surface area contributed by atoms with Crippen LogP contribution in [0.25, 0.3) is 0 Å². The number of hydrogen-bond donors (Lipinski definition) is 1. The van der Waals surface area contributed by atoms with Gasteiger partial charge in [0.15, 0.2) is 0 Å². The van der Waals surface area contributed by atoms with Gasteiger partial charge in [-0.15, -0.1) is 0 Å². The minimum atomic E-state index is -0.220. The second-order valence-electron chi connectivity index (χ2n) is 6.74. The average molecular weight is 395 g/mol. The SMILES string of the molecule is COc1ccc(C(C)NC(=O)N2CCN(c3ncccc3C#N)CC2)c(OC)c1. The van der Waals surface area contributed by atoms with Gasteiger partial charge in [-0.25, -0.2) is 9.78 Å². The summed E-state index contributed by atoms with van der Waals surface area (Å²) in [6.45, 7) is 4.28. The van der Waals surface area contributed by atoms with E-state index < -0.39 is 0 Å². The zero-order valence-corrected chi connectivity index (χ0v) is 16.9. The summed E-state index contributed by atoms with van der Waals surface area (Å²) in [7, 11) is 3.20. The van der Waals surface area contributed by atoms with Gasteiger partial charge in [-0.1, -0.05) is 0 Å². The number of pyridine rings is 1. The maximum atomic E-state index is 12.7. The Morgan fingerprint density at radius 2 is 1.97 bits per heavy atom. The van der Waals surface area contributed by atoms with Gasteiger partial charge in [0, 0.05) is 44.0 Å². The van der Waals surface area contributed by atoms with Crippen molar-refractivity contribution in [3.05, 3.63) is 47.7 Å². The monoisotopic (exact) mass is 395 g/mol. The van der Waals surface area contributed by atoms with Gasteiger partial charge in [-0.2, -0.15) is 5.26 Å². The van der Waals surface area contributed by atoms with Crippen molar-refractivity contribution in [1.82, 2.24) is 15.2 Å². The molecule has 0 spiro atoms. The third-order valence-corrected chi connectivity index (χ3v) is 5.02. The number of rotatable bonds is 5. The number of nitrogens with one attached hydrogen (secondary N) is 1. The van der Waals surface area contributed by atoms with Crippen LogP contribution in [0.1, 0.15) is 24.1 Å². The summed E-state index contributed by atoms with van der Waals surface area (Å²) in [5.74, 6) is 2.04. The lowest BCUT2D eigenvalue weighted by atomic mass is 10.1. The van der Waals surface area contributed by atoms with E-state index in [0.29, 0.717) is 49.1 Å². The van der Waals surface area contributed by atoms with Crippen molar-refractivity contribution in [1.29, 1.82) is 5.26 Å². The van der Waals surface area contributed by atoms with Crippen molar-refractivity contribution in [2.45, 2.75) is 13.0 Å². The Labute approximate surface area is 170 Å². The Morgan fingerprint density at radius 3 is 2.62 bits per heavy atom. The maximum Gasteiger partial charge on any atom is 0.317 e. The molecule has 152 valence electrons. The number of carbonyl (C=O) groups is 1. The average Bonchev–Trinajstić information content (AvgIpc) is 2.78. The number of piperazine rings is 1. The van der Waals surface area contributed by atoms with E-state index in [0.717, 1.165) is 5.56 Å². The summed E-state index contributed by atoms with van der Waals surface area (Å²) in [5, 5.41) is 12.3. The molecule has 1 saturated heterocycles. The molecule has 8 nitrogen and oxygen atoms in total. The molecular formula is C21H25N5O3. The largest absolute Gasteiger partial charge is 0.497 e. The van der Waals surface area contributed by atoms with Crippen LogP contribution in [0.5, 0.6) is 11.5 Å². The summed E-state index contributed by atoms with van der Waals surface area (Å²) >= 11 is 0. The highest BCUT2D eigenvalue weighted by molar-refractivity contribution is 5.75. The first-order valence-corrected chi connectivity index (χ1v) is 9.44. The van der Waals surface area contributed by atoms with Gasteiger partial charge in [0.1, 0.15) is 23.4 Å². The third kappa shape index (κ3) is 4.51. The highest BCUT2D eigenvalue weighted by Crippen LogP contribution is 2.29. The van der Waals surface area contributed by atoms with E-state index in [2.05, 4.69) is 16.4 Å². The fraction of sp³-hybridized carbons (Fsp3) is 0.381. The Kier molecular flexibility index (Phi) is 6.39. The van der Waals surface area contributed by atoms with Crippen LogP contribution in [0.3, 0.4) is 0 Å². The number of nitrogens with zero attached hydrogens (tertiary/aromatic N) is 4. The number of nitriles is 1. The van der Waals surface area contributed by atoms with Gasteiger partial charge in [0.05, 0.1) is 25.8 Å². The standard InChI is InChI=1S/C21H25N5O3/c1-15(18-7-6-17(28-2)13-19(18)29-3)24-21(27)26-11-9-25(10-12-26)20-16(14-22)5-4-8-23-20/h4-8,13,15H,9-12H2,1-3H3,(H,24,27). The molecule has 1 unspecified atom stereocenters. The van der Waals surface area contributed by atoms with Gasteiger partial charge < -0.3 is 24.6 Å². The van der Waals surface area contributed by atoms with Crippen LogP contribution in [0.4, 0.5) is 10.6 Å². The lowest BCUT2D eigenvalue weighted by Crippen LogP contribution is -2.52. The van der Waals surface area contributed by atoms with Crippen LogP contribution >= 0.6 is 0 Å². The zero-order valence-electron chi connectivity index (χ0n) is 16.9. The lowest BCUT2D eigenvalue weighted by molar-refractivity contribution is 0.191. The summed E-state index contributed by atoms with van der Waals surface area (Å²) in [6, 6.07) is 10.9. The number of aromatic nitrogens is 1. The smallest absolute Gasteiger partial charge is 0.317 e. The van der Waals surface area contributed by atoms with E-state index in [-0.39, 0.29) is 12.1 Å². The molecule has 2 amide bonds. The fourth-order valence-corrected chi connectivity index (χ4v) is 3.39. The predicted octanol–water partition coefficient (Wildman–Crippen LogP) is 2.56. The van der Waals surface area contributed by atoms with E-state index in [1.807, 2.05) is 24.0 Å². The molecule has 1 aliphatic rings. The molecule has 1 aromatic carbocycles. The van der Waals surface area contributed by atoms with Crippen LogP contribution in [0.2, 0.25) is 0 Å². The Bertz CT molecular complexity index is 903. The van der Waals surface area contributed by atoms with Crippen LogP contribution in [-0.4, -0.2) is 56.3 Å². The highest BCUT2D eigenvalue weighted by atomic mass is 16.5. The van der Waals surface area contributed by atoms with Crippen molar-refractivity contribution in [2.75, 3.05) is 45.3 Å². The van der Waals surface area contributed by atoms with Crippen molar-refractivity contribution < 1.29 is 14.3 Å². The second-order valence-corrected chi connectivity index (χ2v) is 6.74.